The number of rotatable bonds is 4. The number of carbonyl (C=O) groups excluding carboxylic acids is 2. The largest absolute Gasteiger partial charge is 0.483 e. The summed E-state index contributed by atoms with van der Waals surface area (Å²) in [7, 11) is 0. The predicted octanol–water partition coefficient (Wildman–Crippen LogP) is 2.78. The van der Waals surface area contributed by atoms with Crippen molar-refractivity contribution in [3.8, 4) is 11.5 Å². The minimum absolute atomic E-state index is 0.169. The second kappa shape index (κ2) is 6.20. The van der Waals surface area contributed by atoms with Crippen LogP contribution in [0.3, 0.4) is 0 Å². The van der Waals surface area contributed by atoms with Crippen LogP contribution in [0.15, 0.2) is 42.2 Å². The molecule has 3 rings (SSSR count). The standard InChI is InChI=1S/C19H17NO4/c1-11-5-3-4-6-13(11)9-16-18(22)14-7-8-15(23-10-17(20)21)12(2)19(14)24-16/h3-9H,10H2,1-2H3,(H2,20,21)/b16-9-. The Morgan fingerprint density at radius 3 is 2.67 bits per heavy atom. The first-order chi connectivity index (χ1) is 11.5. The van der Waals surface area contributed by atoms with Gasteiger partial charge in [-0.1, -0.05) is 24.3 Å². The van der Waals surface area contributed by atoms with E-state index in [1.807, 2.05) is 31.2 Å². The summed E-state index contributed by atoms with van der Waals surface area (Å²) < 4.78 is 11.1. The Bertz CT molecular complexity index is 868. The van der Waals surface area contributed by atoms with Gasteiger partial charge in [-0.2, -0.15) is 0 Å². The topological polar surface area (TPSA) is 78.6 Å². The predicted molar refractivity (Wildman–Crippen MR) is 90.0 cm³/mol. The van der Waals surface area contributed by atoms with Crippen LogP contribution in [0.25, 0.3) is 6.08 Å². The number of hydrogen-bond donors (Lipinski definition) is 1. The molecule has 0 radical (unpaired) electrons. The van der Waals surface area contributed by atoms with E-state index in [9.17, 15) is 9.59 Å². The van der Waals surface area contributed by atoms with E-state index in [4.69, 9.17) is 15.2 Å². The maximum absolute atomic E-state index is 12.5. The lowest BCUT2D eigenvalue weighted by Crippen LogP contribution is -2.20. The van der Waals surface area contributed by atoms with Gasteiger partial charge >= 0.3 is 0 Å². The van der Waals surface area contributed by atoms with Gasteiger partial charge < -0.3 is 15.2 Å². The van der Waals surface area contributed by atoms with Gasteiger partial charge in [0.25, 0.3) is 5.91 Å². The fourth-order valence-electron chi connectivity index (χ4n) is 2.56. The van der Waals surface area contributed by atoms with E-state index in [0.29, 0.717) is 22.6 Å². The molecule has 0 spiro atoms. The molecular weight excluding hydrogens is 306 g/mol. The van der Waals surface area contributed by atoms with Crippen LogP contribution >= 0.6 is 0 Å². The minimum atomic E-state index is -0.563. The average molecular weight is 323 g/mol. The van der Waals surface area contributed by atoms with E-state index in [1.54, 1.807) is 25.1 Å². The number of ether oxygens (including phenoxy) is 2. The quantitative estimate of drug-likeness (QED) is 0.878. The summed E-state index contributed by atoms with van der Waals surface area (Å²) in [5.74, 6) is 0.471. The molecule has 1 heterocycles. The number of primary amides is 1. The molecule has 122 valence electrons. The van der Waals surface area contributed by atoms with Crippen molar-refractivity contribution in [2.75, 3.05) is 6.61 Å². The highest BCUT2D eigenvalue weighted by molar-refractivity contribution is 6.15. The van der Waals surface area contributed by atoms with Crippen LogP contribution in [0, 0.1) is 13.8 Å². The third kappa shape index (κ3) is 2.88. The molecule has 1 aliphatic heterocycles. The number of ketones is 1. The molecule has 0 bridgehead atoms. The van der Waals surface area contributed by atoms with Crippen molar-refractivity contribution in [1.82, 2.24) is 0 Å². The Hall–Kier alpha value is -3.08. The molecule has 2 aromatic rings. The summed E-state index contributed by atoms with van der Waals surface area (Å²) in [5, 5.41) is 0. The van der Waals surface area contributed by atoms with Gasteiger partial charge in [-0.25, -0.2) is 0 Å². The lowest BCUT2D eigenvalue weighted by molar-refractivity contribution is -0.119. The Balaban J connectivity index is 1.94. The van der Waals surface area contributed by atoms with Crippen LogP contribution in [0.5, 0.6) is 11.5 Å². The zero-order valence-electron chi connectivity index (χ0n) is 13.5. The third-order valence-corrected chi connectivity index (χ3v) is 3.88. The van der Waals surface area contributed by atoms with Crippen molar-refractivity contribution in [3.63, 3.8) is 0 Å². The summed E-state index contributed by atoms with van der Waals surface area (Å²) >= 11 is 0. The van der Waals surface area contributed by atoms with E-state index < -0.39 is 5.91 Å². The van der Waals surface area contributed by atoms with Crippen LogP contribution in [-0.2, 0) is 4.79 Å². The fraction of sp³-hybridized carbons (Fsp3) is 0.158. The molecular formula is C19H17NO4. The summed E-state index contributed by atoms with van der Waals surface area (Å²) in [5.41, 5.74) is 8.22. The molecule has 0 saturated heterocycles. The molecule has 24 heavy (non-hydrogen) atoms. The van der Waals surface area contributed by atoms with Gasteiger partial charge in [0.05, 0.1) is 5.56 Å². The highest BCUT2D eigenvalue weighted by Crippen LogP contribution is 2.39. The summed E-state index contributed by atoms with van der Waals surface area (Å²) in [6, 6.07) is 11.0. The molecule has 0 aromatic heterocycles. The van der Waals surface area contributed by atoms with Gasteiger partial charge in [0.15, 0.2) is 12.4 Å². The number of fused-ring (bicyclic) bond motifs is 1. The maximum Gasteiger partial charge on any atom is 0.255 e. The van der Waals surface area contributed by atoms with Crippen LogP contribution in [-0.4, -0.2) is 18.3 Å². The number of nitrogens with two attached hydrogens (primary N) is 1. The average Bonchev–Trinajstić information content (AvgIpc) is 2.86. The van der Waals surface area contributed by atoms with Crippen molar-refractivity contribution in [3.05, 3.63) is 64.4 Å². The zero-order chi connectivity index (χ0) is 17.3. The molecule has 5 nitrogen and oxygen atoms in total. The third-order valence-electron chi connectivity index (χ3n) is 3.88. The Kier molecular flexibility index (Phi) is 4.08. The molecule has 1 amide bonds. The van der Waals surface area contributed by atoms with E-state index in [-0.39, 0.29) is 18.1 Å². The Labute approximate surface area is 139 Å². The zero-order valence-corrected chi connectivity index (χ0v) is 13.5. The Morgan fingerprint density at radius 1 is 1.21 bits per heavy atom. The first-order valence-corrected chi connectivity index (χ1v) is 7.52. The van der Waals surface area contributed by atoms with E-state index >= 15 is 0 Å². The number of benzene rings is 2. The van der Waals surface area contributed by atoms with Crippen molar-refractivity contribution >= 4 is 17.8 Å². The first-order valence-electron chi connectivity index (χ1n) is 7.52. The molecule has 1 aliphatic rings. The second-order valence-corrected chi connectivity index (χ2v) is 5.62. The molecule has 0 aliphatic carbocycles. The summed E-state index contributed by atoms with van der Waals surface area (Å²) in [6.07, 6.45) is 1.74. The van der Waals surface area contributed by atoms with Gasteiger partial charge in [0.2, 0.25) is 5.78 Å². The van der Waals surface area contributed by atoms with Crippen molar-refractivity contribution in [2.24, 2.45) is 5.73 Å². The fourth-order valence-corrected chi connectivity index (χ4v) is 2.56. The normalized spacial score (nSPS) is 14.4. The smallest absolute Gasteiger partial charge is 0.255 e. The Morgan fingerprint density at radius 2 is 1.96 bits per heavy atom. The maximum atomic E-state index is 12.5. The van der Waals surface area contributed by atoms with Crippen molar-refractivity contribution < 1.29 is 19.1 Å². The number of carbonyl (C=O) groups is 2. The van der Waals surface area contributed by atoms with Gasteiger partial charge in [-0.05, 0) is 43.2 Å². The van der Waals surface area contributed by atoms with E-state index in [2.05, 4.69) is 0 Å². The van der Waals surface area contributed by atoms with Crippen LogP contribution in [0.2, 0.25) is 0 Å². The SMILES string of the molecule is Cc1ccccc1/C=C1\Oc2c(ccc(OCC(N)=O)c2C)C1=O. The lowest BCUT2D eigenvalue weighted by Gasteiger charge is -2.10. The second-order valence-electron chi connectivity index (χ2n) is 5.62. The summed E-state index contributed by atoms with van der Waals surface area (Å²) in [4.78, 5) is 23.4. The lowest BCUT2D eigenvalue weighted by atomic mass is 10.0. The van der Waals surface area contributed by atoms with Crippen LogP contribution in [0.1, 0.15) is 27.0 Å². The van der Waals surface area contributed by atoms with Gasteiger partial charge in [0.1, 0.15) is 11.5 Å². The number of hydrogen-bond acceptors (Lipinski definition) is 4. The van der Waals surface area contributed by atoms with Crippen LogP contribution in [0.4, 0.5) is 0 Å². The highest BCUT2D eigenvalue weighted by Gasteiger charge is 2.30. The number of allylic oxidation sites excluding steroid dienone is 1. The molecule has 0 unspecified atom stereocenters. The molecule has 2 N–H and O–H groups in total. The van der Waals surface area contributed by atoms with Crippen molar-refractivity contribution in [1.29, 1.82) is 0 Å². The van der Waals surface area contributed by atoms with Gasteiger partial charge in [0, 0.05) is 5.56 Å². The number of amides is 1. The van der Waals surface area contributed by atoms with Crippen LogP contribution < -0.4 is 15.2 Å². The van der Waals surface area contributed by atoms with Gasteiger partial charge in [-0.15, -0.1) is 0 Å². The molecule has 5 heteroatoms. The van der Waals surface area contributed by atoms with E-state index in [1.165, 1.54) is 0 Å². The first kappa shape index (κ1) is 15.8. The van der Waals surface area contributed by atoms with Gasteiger partial charge in [-0.3, -0.25) is 9.59 Å². The number of aryl methyl sites for hydroxylation is 1. The molecule has 0 saturated carbocycles. The monoisotopic (exact) mass is 323 g/mol. The molecule has 0 atom stereocenters. The van der Waals surface area contributed by atoms with E-state index in [0.717, 1.165) is 11.1 Å². The molecule has 2 aromatic carbocycles. The minimum Gasteiger partial charge on any atom is -0.483 e. The summed E-state index contributed by atoms with van der Waals surface area (Å²) in [6.45, 7) is 3.53. The van der Waals surface area contributed by atoms with Crippen molar-refractivity contribution in [2.45, 2.75) is 13.8 Å². The highest BCUT2D eigenvalue weighted by atomic mass is 16.5. The number of Topliss-reactive ketones (excluding diaryl/α,β-unsaturated/α-hetero) is 1. The molecule has 0 fully saturated rings.